The number of nitrogens with two attached hydrogens (primary N) is 1. The summed E-state index contributed by atoms with van der Waals surface area (Å²) in [4.78, 5) is 29.0. The molecule has 0 radical (unpaired) electrons. The molecule has 0 aliphatic carbocycles. The van der Waals surface area contributed by atoms with Crippen LogP contribution in [-0.4, -0.2) is 48.0 Å². The van der Waals surface area contributed by atoms with Crippen molar-refractivity contribution in [2.24, 2.45) is 11.7 Å². The van der Waals surface area contributed by atoms with Crippen molar-refractivity contribution in [2.45, 2.75) is 32.4 Å². The summed E-state index contributed by atoms with van der Waals surface area (Å²) in [6.07, 6.45) is -1.03. The van der Waals surface area contributed by atoms with E-state index in [4.69, 9.17) is 14.6 Å². The normalized spacial score (nSPS) is 23.3. The molecule has 1 aromatic heterocycles. The number of halogens is 1. The Morgan fingerprint density at radius 2 is 2.26 bits per heavy atom. The van der Waals surface area contributed by atoms with E-state index < -0.39 is 30.9 Å². The van der Waals surface area contributed by atoms with Crippen LogP contribution in [0.1, 0.15) is 46.4 Å². The maximum atomic E-state index is 14.5. The Morgan fingerprint density at radius 1 is 1.52 bits per heavy atom. The number of aromatic nitrogens is 1. The summed E-state index contributed by atoms with van der Waals surface area (Å²) in [6, 6.07) is 2.66. The van der Waals surface area contributed by atoms with E-state index in [2.05, 4.69) is 4.98 Å². The number of nitrogens with zero attached hydrogens (tertiary/aromatic N) is 2. The van der Waals surface area contributed by atoms with E-state index in [0.717, 1.165) is 0 Å². The zero-order valence-corrected chi connectivity index (χ0v) is 13.1. The highest BCUT2D eigenvalue weighted by molar-refractivity contribution is 5.95. The van der Waals surface area contributed by atoms with E-state index in [0.29, 0.717) is 6.42 Å². The highest BCUT2D eigenvalue weighted by atomic mass is 19.1. The fraction of sp³-hybridized carbons (Fsp3) is 0.562. The Morgan fingerprint density at radius 3 is 2.87 bits per heavy atom. The molecule has 0 spiro atoms. The van der Waals surface area contributed by atoms with Crippen LogP contribution in [0.3, 0.4) is 0 Å². The van der Waals surface area contributed by atoms with E-state index in [9.17, 15) is 14.0 Å². The predicted octanol–water partition coefficient (Wildman–Crippen LogP) is 1.50. The van der Waals surface area contributed by atoms with Gasteiger partial charge in [-0.15, -0.1) is 0 Å². The minimum atomic E-state index is -2.83. The summed E-state index contributed by atoms with van der Waals surface area (Å²) in [5.41, 5.74) is 5.21. The van der Waals surface area contributed by atoms with Crippen LogP contribution in [0.5, 0.6) is 5.88 Å². The van der Waals surface area contributed by atoms with Gasteiger partial charge in [0.2, 0.25) is 11.8 Å². The Kier molecular flexibility index (Phi) is 4.00. The summed E-state index contributed by atoms with van der Waals surface area (Å²) < 4.78 is 40.7. The lowest BCUT2D eigenvalue weighted by Crippen LogP contribution is -2.30. The highest BCUT2D eigenvalue weighted by Crippen LogP contribution is 2.31. The first-order valence-corrected chi connectivity index (χ1v) is 7.39. The molecule has 1 aromatic rings. The Labute approximate surface area is 139 Å². The number of carbonyl (C=O) groups is 2. The number of methoxy groups -OCH3 is 1. The van der Waals surface area contributed by atoms with Gasteiger partial charge in [-0.3, -0.25) is 9.59 Å². The smallest absolute Gasteiger partial charge is 0.254 e. The molecule has 7 heteroatoms. The van der Waals surface area contributed by atoms with Crippen molar-refractivity contribution in [2.75, 3.05) is 20.1 Å². The molecule has 23 heavy (non-hydrogen) atoms. The van der Waals surface area contributed by atoms with Crippen molar-refractivity contribution < 1.29 is 22.8 Å². The molecule has 6 nitrogen and oxygen atoms in total. The quantitative estimate of drug-likeness (QED) is 0.888. The topological polar surface area (TPSA) is 85.5 Å². The average molecular weight is 326 g/mol. The van der Waals surface area contributed by atoms with E-state index in [-0.39, 0.29) is 36.2 Å². The zero-order chi connectivity index (χ0) is 19.6. The molecule has 2 amide bonds. The molecule has 2 N–H and O–H groups in total. The second-order valence-corrected chi connectivity index (χ2v) is 6.07. The van der Waals surface area contributed by atoms with E-state index in [1.54, 1.807) is 0 Å². The lowest BCUT2D eigenvalue weighted by molar-refractivity contribution is -0.131. The molecule has 2 rings (SSSR count). The molecule has 2 atom stereocenters. The molecule has 0 saturated carbocycles. The molecular weight excluding hydrogens is 301 g/mol. The molecule has 1 aliphatic rings. The summed E-state index contributed by atoms with van der Waals surface area (Å²) in [5.74, 6) is -2.08. The molecule has 0 aromatic carbocycles. The second kappa shape index (κ2) is 6.93. The number of likely N-dealkylation sites (tertiary alicyclic amines) is 1. The number of alkyl halides is 1. The van der Waals surface area contributed by atoms with Gasteiger partial charge in [0.1, 0.15) is 11.7 Å². The van der Waals surface area contributed by atoms with Gasteiger partial charge >= 0.3 is 0 Å². The van der Waals surface area contributed by atoms with Gasteiger partial charge < -0.3 is 15.4 Å². The average Bonchev–Trinajstić information content (AvgIpc) is 2.86. The van der Waals surface area contributed by atoms with E-state index in [1.165, 1.54) is 17.0 Å². The molecule has 126 valence electrons. The van der Waals surface area contributed by atoms with Gasteiger partial charge in [0.15, 0.2) is 0 Å². The molecule has 0 bridgehead atoms. The number of carbonyl (C=O) groups excluding carboxylic acids is 2. The number of rotatable bonds is 5. The molecule has 1 fully saturated rings. The fourth-order valence-electron chi connectivity index (χ4n) is 2.65. The lowest BCUT2D eigenvalue weighted by atomic mass is 10.0. The van der Waals surface area contributed by atoms with Crippen molar-refractivity contribution >= 4 is 11.8 Å². The van der Waals surface area contributed by atoms with Crippen LogP contribution in [0.4, 0.5) is 4.39 Å². The van der Waals surface area contributed by atoms with E-state index >= 15 is 0 Å². The lowest BCUT2D eigenvalue weighted by Gasteiger charge is -2.17. The predicted molar refractivity (Wildman–Crippen MR) is 83.0 cm³/mol. The van der Waals surface area contributed by atoms with Gasteiger partial charge in [-0.1, -0.05) is 13.8 Å². The second-order valence-electron chi connectivity index (χ2n) is 6.07. The Bertz CT molecular complexity index is 697. The summed E-state index contributed by atoms with van der Waals surface area (Å²) in [6.45, 7) is 3.88. The number of hydrogen-bond acceptors (Lipinski definition) is 4. The number of hydrogen-bond donors (Lipinski definition) is 1. The maximum absolute atomic E-state index is 14.5. The van der Waals surface area contributed by atoms with Gasteiger partial charge in [-0.25, -0.2) is 9.37 Å². The third-order valence-electron chi connectivity index (χ3n) is 3.81. The minimum Gasteiger partial charge on any atom is -0.480 e. The number of primary amides is 1. The summed E-state index contributed by atoms with van der Waals surface area (Å²) in [5, 5.41) is 0. The first-order chi connectivity index (χ1) is 12.0. The standard InChI is InChI=1S/C16H22FN3O3/c1-9(2)6-14(21)20-7-11(12(17)8-20)13-5-4-10(15(18)22)16(19-13)23-3/h4-5,9,11-12H,6-8H2,1-3H3,(H2,18,22)/t11-,12+/m0/s1/i3D3. The SMILES string of the molecule is [2H]C([2H])([2H])Oc1nc([C@H]2CN(C(=O)CC(C)C)C[C@H]2F)ccc1C(N)=O. The number of amides is 2. The molecular formula is C16H22FN3O3. The van der Waals surface area contributed by atoms with Crippen molar-refractivity contribution in [3.05, 3.63) is 23.4 Å². The Balaban J connectivity index is 2.26. The third kappa shape index (κ3) is 3.78. The summed E-state index contributed by atoms with van der Waals surface area (Å²) >= 11 is 0. The van der Waals surface area contributed by atoms with Crippen molar-refractivity contribution in [1.82, 2.24) is 9.88 Å². The van der Waals surface area contributed by atoms with Crippen LogP contribution in [0.2, 0.25) is 0 Å². The third-order valence-corrected chi connectivity index (χ3v) is 3.81. The molecule has 2 heterocycles. The highest BCUT2D eigenvalue weighted by Gasteiger charge is 2.37. The van der Waals surface area contributed by atoms with E-state index in [1.807, 2.05) is 13.8 Å². The monoisotopic (exact) mass is 326 g/mol. The van der Waals surface area contributed by atoms with Gasteiger partial charge in [0, 0.05) is 13.0 Å². The van der Waals surface area contributed by atoms with Crippen LogP contribution in [0, 0.1) is 5.92 Å². The van der Waals surface area contributed by atoms with Crippen LogP contribution in [0.15, 0.2) is 12.1 Å². The zero-order valence-electron chi connectivity index (χ0n) is 16.1. The van der Waals surface area contributed by atoms with Gasteiger partial charge in [0.25, 0.3) is 5.91 Å². The minimum absolute atomic E-state index is 0.0507. The van der Waals surface area contributed by atoms with Crippen molar-refractivity contribution in [3.63, 3.8) is 0 Å². The fourth-order valence-corrected chi connectivity index (χ4v) is 2.65. The first kappa shape index (κ1) is 13.3. The van der Waals surface area contributed by atoms with Gasteiger partial charge in [0.05, 0.1) is 29.3 Å². The number of ether oxygens (including phenoxy) is 1. The molecule has 0 unspecified atom stereocenters. The van der Waals surface area contributed by atoms with Gasteiger partial charge in [-0.05, 0) is 18.1 Å². The maximum Gasteiger partial charge on any atom is 0.254 e. The van der Waals surface area contributed by atoms with Crippen LogP contribution < -0.4 is 10.5 Å². The van der Waals surface area contributed by atoms with Crippen LogP contribution >= 0.6 is 0 Å². The Hall–Kier alpha value is -2.18. The molecule has 1 saturated heterocycles. The van der Waals surface area contributed by atoms with Crippen LogP contribution in [0.25, 0.3) is 0 Å². The van der Waals surface area contributed by atoms with Crippen molar-refractivity contribution in [3.8, 4) is 5.88 Å². The van der Waals surface area contributed by atoms with Crippen molar-refractivity contribution in [1.29, 1.82) is 0 Å². The van der Waals surface area contributed by atoms with Gasteiger partial charge in [-0.2, -0.15) is 0 Å². The summed E-state index contributed by atoms with van der Waals surface area (Å²) in [7, 11) is -2.83. The largest absolute Gasteiger partial charge is 0.480 e. The molecule has 1 aliphatic heterocycles. The van der Waals surface area contributed by atoms with Crippen LogP contribution in [-0.2, 0) is 4.79 Å². The first-order valence-electron chi connectivity index (χ1n) is 8.89. The number of pyridine rings is 1.